The predicted molar refractivity (Wildman–Crippen MR) is 154 cm³/mol. The van der Waals surface area contributed by atoms with Gasteiger partial charge in [0.15, 0.2) is 0 Å². The van der Waals surface area contributed by atoms with E-state index in [0.29, 0.717) is 19.6 Å². The molecule has 7 nitrogen and oxygen atoms in total. The molecule has 1 aromatic heterocycles. The number of benzene rings is 3. The van der Waals surface area contributed by atoms with Crippen molar-refractivity contribution in [2.45, 2.75) is 13.1 Å². The molecule has 2 heterocycles. The van der Waals surface area contributed by atoms with Crippen molar-refractivity contribution in [3.63, 3.8) is 0 Å². The van der Waals surface area contributed by atoms with Crippen LogP contribution in [0.15, 0.2) is 97.5 Å². The summed E-state index contributed by atoms with van der Waals surface area (Å²) in [6.45, 7) is 1.78. The molecule has 0 amide bonds. The maximum atomic E-state index is 11.3. The summed E-state index contributed by atoms with van der Waals surface area (Å²) in [6.07, 6.45) is 9.14. The first kappa shape index (κ1) is 25.5. The van der Waals surface area contributed by atoms with Crippen LogP contribution in [0, 0.1) is 0 Å². The predicted octanol–water partition coefficient (Wildman–Crippen LogP) is 5.74. The Morgan fingerprint density at radius 3 is 2.39 bits per heavy atom. The van der Waals surface area contributed by atoms with Crippen LogP contribution in [-0.4, -0.2) is 32.0 Å². The van der Waals surface area contributed by atoms with Crippen LogP contribution in [0.5, 0.6) is 11.5 Å². The van der Waals surface area contributed by atoms with Gasteiger partial charge in [-0.05, 0) is 60.2 Å². The Morgan fingerprint density at radius 1 is 0.921 bits per heavy atom. The SMILES string of the molecule is CS(=O)(=O)CCNCc1ccc(N2C=Cc3cncc(Nc4ccc(Oc5ccccc5)cc4)c3C2)cc1. The summed E-state index contributed by atoms with van der Waals surface area (Å²) in [7, 11) is -2.95. The van der Waals surface area contributed by atoms with Crippen LogP contribution in [0.25, 0.3) is 6.08 Å². The van der Waals surface area contributed by atoms with Crippen molar-refractivity contribution in [1.29, 1.82) is 0 Å². The lowest BCUT2D eigenvalue weighted by atomic mass is 10.0. The van der Waals surface area contributed by atoms with Gasteiger partial charge >= 0.3 is 0 Å². The van der Waals surface area contributed by atoms with Gasteiger partial charge in [-0.2, -0.15) is 0 Å². The van der Waals surface area contributed by atoms with E-state index in [0.717, 1.165) is 39.7 Å². The summed E-state index contributed by atoms with van der Waals surface area (Å²) >= 11 is 0. The van der Waals surface area contributed by atoms with Gasteiger partial charge < -0.3 is 20.3 Å². The molecule has 0 aliphatic carbocycles. The summed E-state index contributed by atoms with van der Waals surface area (Å²) in [5.41, 5.74) is 6.35. The molecular formula is C30H30N4O3S. The Balaban J connectivity index is 1.23. The second-order valence-corrected chi connectivity index (χ2v) is 11.5. The fourth-order valence-electron chi connectivity index (χ4n) is 4.18. The third kappa shape index (κ3) is 6.79. The highest BCUT2D eigenvalue weighted by atomic mass is 32.2. The maximum Gasteiger partial charge on any atom is 0.148 e. The standard InChI is InChI=1S/C30H30N4O3S/c1-38(35,36)18-16-31-19-23-7-11-26(12-8-23)34-17-15-24-20-32-21-30(29(24)22-34)33-25-9-13-28(14-10-25)37-27-5-3-2-4-6-27/h2-15,17,20-21,31,33H,16,18-19,22H2,1H3. The number of ether oxygens (including phenoxy) is 1. The summed E-state index contributed by atoms with van der Waals surface area (Å²) in [5, 5.41) is 6.70. The normalized spacial score (nSPS) is 12.7. The monoisotopic (exact) mass is 526 g/mol. The molecule has 194 valence electrons. The van der Waals surface area contributed by atoms with E-state index < -0.39 is 9.84 Å². The van der Waals surface area contributed by atoms with Crippen molar-refractivity contribution in [2.24, 2.45) is 0 Å². The summed E-state index contributed by atoms with van der Waals surface area (Å²) in [5.74, 6) is 1.72. The third-order valence-electron chi connectivity index (χ3n) is 6.21. The second kappa shape index (κ2) is 11.5. The van der Waals surface area contributed by atoms with Gasteiger partial charge in [-0.3, -0.25) is 4.98 Å². The maximum absolute atomic E-state index is 11.3. The molecule has 8 heteroatoms. The zero-order valence-corrected chi connectivity index (χ0v) is 22.0. The van der Waals surface area contributed by atoms with Gasteiger partial charge in [0.1, 0.15) is 21.3 Å². The van der Waals surface area contributed by atoms with E-state index in [1.54, 1.807) is 0 Å². The number of fused-ring (bicyclic) bond motifs is 1. The summed E-state index contributed by atoms with van der Waals surface area (Å²) in [6, 6.07) is 25.9. The number of hydrogen-bond acceptors (Lipinski definition) is 7. The number of sulfone groups is 1. The van der Waals surface area contributed by atoms with E-state index >= 15 is 0 Å². The van der Waals surface area contributed by atoms with E-state index in [1.165, 1.54) is 11.8 Å². The fraction of sp³-hybridized carbons (Fsp3) is 0.167. The number of pyridine rings is 1. The molecule has 0 radical (unpaired) electrons. The molecule has 38 heavy (non-hydrogen) atoms. The molecule has 5 rings (SSSR count). The van der Waals surface area contributed by atoms with E-state index in [-0.39, 0.29) is 5.75 Å². The molecule has 0 saturated carbocycles. The molecule has 3 aromatic carbocycles. The van der Waals surface area contributed by atoms with Gasteiger partial charge in [0.2, 0.25) is 0 Å². The molecule has 0 saturated heterocycles. The molecule has 0 spiro atoms. The highest BCUT2D eigenvalue weighted by Gasteiger charge is 2.16. The van der Waals surface area contributed by atoms with Crippen molar-refractivity contribution < 1.29 is 13.2 Å². The molecule has 0 atom stereocenters. The third-order valence-corrected chi connectivity index (χ3v) is 7.16. The van der Waals surface area contributed by atoms with Crippen molar-refractivity contribution in [2.75, 3.05) is 28.8 Å². The molecule has 1 aliphatic rings. The first-order valence-electron chi connectivity index (χ1n) is 12.4. The lowest BCUT2D eigenvalue weighted by Crippen LogP contribution is -2.22. The average Bonchev–Trinajstić information content (AvgIpc) is 2.93. The zero-order valence-electron chi connectivity index (χ0n) is 21.2. The van der Waals surface area contributed by atoms with E-state index in [9.17, 15) is 8.42 Å². The summed E-state index contributed by atoms with van der Waals surface area (Å²) < 4.78 is 28.5. The van der Waals surface area contributed by atoms with Crippen LogP contribution in [0.3, 0.4) is 0 Å². The molecule has 2 N–H and O–H groups in total. The zero-order chi connectivity index (χ0) is 26.4. The van der Waals surface area contributed by atoms with Gasteiger partial charge in [-0.25, -0.2) is 8.42 Å². The largest absolute Gasteiger partial charge is 0.457 e. The van der Waals surface area contributed by atoms with Crippen LogP contribution >= 0.6 is 0 Å². The summed E-state index contributed by atoms with van der Waals surface area (Å²) in [4.78, 5) is 6.63. The second-order valence-electron chi connectivity index (χ2n) is 9.24. The minimum atomic E-state index is -2.95. The number of nitrogens with zero attached hydrogens (tertiary/aromatic N) is 2. The van der Waals surface area contributed by atoms with Gasteiger partial charge in [-0.15, -0.1) is 0 Å². The van der Waals surface area contributed by atoms with Gasteiger partial charge in [0, 0.05) is 54.2 Å². The van der Waals surface area contributed by atoms with E-state index in [1.807, 2.05) is 67.0 Å². The van der Waals surface area contributed by atoms with Crippen LogP contribution in [-0.2, 0) is 22.9 Å². The molecule has 0 unspecified atom stereocenters. The number of aromatic nitrogens is 1. The Kier molecular flexibility index (Phi) is 7.72. The van der Waals surface area contributed by atoms with Gasteiger partial charge in [0.05, 0.1) is 24.2 Å². The topological polar surface area (TPSA) is 83.6 Å². The first-order chi connectivity index (χ1) is 18.4. The number of anilines is 3. The van der Waals surface area contributed by atoms with Crippen molar-refractivity contribution in [3.8, 4) is 11.5 Å². The lowest BCUT2D eigenvalue weighted by molar-refractivity contribution is 0.483. The van der Waals surface area contributed by atoms with Crippen LogP contribution in [0.2, 0.25) is 0 Å². The van der Waals surface area contributed by atoms with Crippen molar-refractivity contribution >= 4 is 33.0 Å². The Hall–Kier alpha value is -4.14. The average molecular weight is 527 g/mol. The minimum absolute atomic E-state index is 0.139. The van der Waals surface area contributed by atoms with Crippen LogP contribution in [0.4, 0.5) is 17.1 Å². The number of para-hydroxylation sites is 1. The minimum Gasteiger partial charge on any atom is -0.457 e. The molecule has 4 aromatic rings. The van der Waals surface area contributed by atoms with Crippen molar-refractivity contribution in [1.82, 2.24) is 10.3 Å². The smallest absolute Gasteiger partial charge is 0.148 e. The Labute approximate surface area is 223 Å². The van der Waals surface area contributed by atoms with Gasteiger partial charge in [-0.1, -0.05) is 30.3 Å². The molecule has 0 bridgehead atoms. The van der Waals surface area contributed by atoms with E-state index in [4.69, 9.17) is 4.74 Å². The Morgan fingerprint density at radius 2 is 1.66 bits per heavy atom. The quantitative estimate of drug-likeness (QED) is 0.255. The molecule has 1 aliphatic heterocycles. The number of rotatable bonds is 10. The highest BCUT2D eigenvalue weighted by molar-refractivity contribution is 7.90. The highest BCUT2D eigenvalue weighted by Crippen LogP contribution is 2.32. The molecular weight excluding hydrogens is 496 g/mol. The van der Waals surface area contributed by atoms with Crippen LogP contribution in [0.1, 0.15) is 16.7 Å². The number of nitrogens with one attached hydrogen (secondary N) is 2. The van der Waals surface area contributed by atoms with Crippen molar-refractivity contribution in [3.05, 3.63) is 114 Å². The number of hydrogen-bond donors (Lipinski definition) is 2. The fourth-order valence-corrected chi connectivity index (χ4v) is 4.70. The first-order valence-corrected chi connectivity index (χ1v) is 14.5. The van der Waals surface area contributed by atoms with Gasteiger partial charge in [0.25, 0.3) is 0 Å². The Bertz CT molecular complexity index is 1500. The van der Waals surface area contributed by atoms with Crippen LogP contribution < -0.4 is 20.3 Å². The van der Waals surface area contributed by atoms with E-state index in [2.05, 4.69) is 57.1 Å². The molecule has 0 fully saturated rings. The lowest BCUT2D eigenvalue weighted by Gasteiger charge is -2.27.